The predicted octanol–water partition coefficient (Wildman–Crippen LogP) is 2.06. The van der Waals surface area contributed by atoms with Crippen molar-refractivity contribution in [3.8, 4) is 0 Å². The van der Waals surface area contributed by atoms with Crippen LogP contribution in [0.5, 0.6) is 0 Å². The van der Waals surface area contributed by atoms with Gasteiger partial charge in [-0.15, -0.1) is 11.3 Å². The molecule has 8 nitrogen and oxygen atoms in total. The summed E-state index contributed by atoms with van der Waals surface area (Å²) in [6.45, 7) is 5.15. The van der Waals surface area contributed by atoms with Gasteiger partial charge >= 0.3 is 0 Å². The van der Waals surface area contributed by atoms with Gasteiger partial charge in [-0.05, 0) is 43.5 Å². The molecular weight excluding hydrogens is 426 g/mol. The van der Waals surface area contributed by atoms with Crippen molar-refractivity contribution in [3.05, 3.63) is 45.8 Å². The SMILES string of the molecule is Cc1sc(NC(=O)CCc2ccc(S(=O)(=O)N3CCOCC3)cc2)c(C(N)=O)c1C. The molecule has 0 saturated carbocycles. The van der Waals surface area contributed by atoms with Crippen molar-refractivity contribution >= 4 is 38.2 Å². The number of primary amides is 1. The molecule has 3 N–H and O–H groups in total. The lowest BCUT2D eigenvalue weighted by molar-refractivity contribution is -0.116. The first-order valence-electron chi connectivity index (χ1n) is 9.56. The minimum Gasteiger partial charge on any atom is -0.379 e. The zero-order valence-corrected chi connectivity index (χ0v) is 18.6. The molecule has 0 aliphatic carbocycles. The maximum Gasteiger partial charge on any atom is 0.251 e. The molecule has 3 rings (SSSR count). The van der Waals surface area contributed by atoms with E-state index in [0.717, 1.165) is 16.0 Å². The molecule has 0 bridgehead atoms. The number of aryl methyl sites for hydroxylation is 2. The Hall–Kier alpha value is -2.27. The number of carbonyl (C=O) groups excluding carboxylic acids is 2. The van der Waals surface area contributed by atoms with Gasteiger partial charge in [-0.25, -0.2) is 8.42 Å². The van der Waals surface area contributed by atoms with E-state index < -0.39 is 15.9 Å². The number of hydrogen-bond donors (Lipinski definition) is 2. The van der Waals surface area contributed by atoms with Gasteiger partial charge in [0.2, 0.25) is 15.9 Å². The summed E-state index contributed by atoms with van der Waals surface area (Å²) < 4.78 is 31.9. The molecule has 2 heterocycles. The third-order valence-corrected chi connectivity index (χ3v) is 8.09. The zero-order chi connectivity index (χ0) is 21.9. The lowest BCUT2D eigenvalue weighted by Crippen LogP contribution is -2.40. The second kappa shape index (κ2) is 9.25. The van der Waals surface area contributed by atoms with Gasteiger partial charge < -0.3 is 15.8 Å². The van der Waals surface area contributed by atoms with Gasteiger partial charge in [0.05, 0.1) is 23.7 Å². The van der Waals surface area contributed by atoms with Crippen molar-refractivity contribution in [1.29, 1.82) is 0 Å². The van der Waals surface area contributed by atoms with Gasteiger partial charge in [-0.1, -0.05) is 12.1 Å². The summed E-state index contributed by atoms with van der Waals surface area (Å²) in [4.78, 5) is 25.2. The second-order valence-corrected chi connectivity index (χ2v) is 10.2. The van der Waals surface area contributed by atoms with Crippen molar-refractivity contribution in [2.75, 3.05) is 31.6 Å². The van der Waals surface area contributed by atoms with Crippen LogP contribution in [-0.4, -0.2) is 50.8 Å². The Balaban J connectivity index is 1.61. The fourth-order valence-electron chi connectivity index (χ4n) is 3.22. The van der Waals surface area contributed by atoms with E-state index in [2.05, 4.69) is 5.32 Å². The topological polar surface area (TPSA) is 119 Å². The van der Waals surface area contributed by atoms with E-state index in [1.54, 1.807) is 31.2 Å². The third-order valence-electron chi connectivity index (χ3n) is 5.06. The van der Waals surface area contributed by atoms with E-state index in [0.29, 0.717) is 43.3 Å². The molecule has 2 aromatic rings. The Morgan fingerprint density at radius 2 is 1.80 bits per heavy atom. The van der Waals surface area contributed by atoms with E-state index in [-0.39, 0.29) is 17.2 Å². The summed E-state index contributed by atoms with van der Waals surface area (Å²) >= 11 is 1.32. The number of hydrogen-bond acceptors (Lipinski definition) is 6. The second-order valence-electron chi connectivity index (χ2n) is 7.06. The zero-order valence-electron chi connectivity index (χ0n) is 16.9. The Labute approximate surface area is 180 Å². The van der Waals surface area contributed by atoms with Gasteiger partial charge in [0.15, 0.2) is 0 Å². The van der Waals surface area contributed by atoms with Gasteiger partial charge in [0.25, 0.3) is 5.91 Å². The molecule has 1 aliphatic rings. The van der Waals surface area contributed by atoms with E-state index in [1.807, 2.05) is 6.92 Å². The largest absolute Gasteiger partial charge is 0.379 e. The van der Waals surface area contributed by atoms with Gasteiger partial charge in [-0.3, -0.25) is 9.59 Å². The number of morpholine rings is 1. The maximum absolute atomic E-state index is 12.7. The van der Waals surface area contributed by atoms with Crippen LogP contribution < -0.4 is 11.1 Å². The highest BCUT2D eigenvalue weighted by molar-refractivity contribution is 7.89. The quantitative estimate of drug-likeness (QED) is 0.668. The van der Waals surface area contributed by atoms with E-state index in [9.17, 15) is 18.0 Å². The van der Waals surface area contributed by atoms with Gasteiger partial charge in [-0.2, -0.15) is 4.31 Å². The van der Waals surface area contributed by atoms with Crippen LogP contribution in [0, 0.1) is 13.8 Å². The number of rotatable bonds is 7. The van der Waals surface area contributed by atoms with Crippen LogP contribution in [0.1, 0.15) is 32.8 Å². The molecular formula is C20H25N3O5S2. The smallest absolute Gasteiger partial charge is 0.251 e. The molecule has 2 amide bonds. The van der Waals surface area contributed by atoms with Crippen molar-refractivity contribution in [3.63, 3.8) is 0 Å². The molecule has 1 saturated heterocycles. The molecule has 0 radical (unpaired) electrons. The molecule has 1 aromatic heterocycles. The highest BCUT2D eigenvalue weighted by Gasteiger charge is 2.26. The highest BCUT2D eigenvalue weighted by atomic mass is 32.2. The Morgan fingerprint density at radius 1 is 1.17 bits per heavy atom. The predicted molar refractivity (Wildman–Crippen MR) is 115 cm³/mol. The first kappa shape index (κ1) is 22.4. The number of ether oxygens (including phenoxy) is 1. The van der Waals surface area contributed by atoms with E-state index in [4.69, 9.17) is 10.5 Å². The Kier molecular flexibility index (Phi) is 6.91. The third kappa shape index (κ3) is 4.89. The van der Waals surface area contributed by atoms with Crippen molar-refractivity contribution in [2.24, 2.45) is 5.73 Å². The van der Waals surface area contributed by atoms with Crippen LogP contribution in [0.25, 0.3) is 0 Å². The van der Waals surface area contributed by atoms with Crippen molar-refractivity contribution in [2.45, 2.75) is 31.6 Å². The first-order valence-corrected chi connectivity index (χ1v) is 11.8. The van der Waals surface area contributed by atoms with Crippen LogP contribution in [0.3, 0.4) is 0 Å². The summed E-state index contributed by atoms with van der Waals surface area (Å²) in [6.07, 6.45) is 0.642. The first-order chi connectivity index (χ1) is 14.2. The number of carbonyl (C=O) groups is 2. The number of nitrogens with one attached hydrogen (secondary N) is 1. The summed E-state index contributed by atoms with van der Waals surface area (Å²) in [5.41, 5.74) is 7.40. The summed E-state index contributed by atoms with van der Waals surface area (Å²) in [7, 11) is -3.53. The maximum atomic E-state index is 12.7. The fraction of sp³-hybridized carbons (Fsp3) is 0.400. The standard InChI is InChI=1S/C20H25N3O5S2/c1-13-14(2)29-20(18(13)19(21)25)22-17(24)8-5-15-3-6-16(7-4-15)30(26,27)23-9-11-28-12-10-23/h3-4,6-7H,5,8-12H2,1-2H3,(H2,21,25)(H,22,24). The number of nitrogens with two attached hydrogens (primary N) is 1. The van der Waals surface area contributed by atoms with Crippen LogP contribution >= 0.6 is 11.3 Å². The summed E-state index contributed by atoms with van der Waals surface area (Å²) in [5.74, 6) is -0.798. The number of amides is 2. The molecule has 0 atom stereocenters. The van der Waals surface area contributed by atoms with Crippen molar-refractivity contribution < 1.29 is 22.7 Å². The molecule has 1 fully saturated rings. The van der Waals surface area contributed by atoms with Crippen LogP contribution in [-0.2, 0) is 26.0 Å². The molecule has 10 heteroatoms. The van der Waals surface area contributed by atoms with Gasteiger partial charge in [0.1, 0.15) is 5.00 Å². The normalized spacial score (nSPS) is 15.1. The molecule has 162 valence electrons. The molecule has 30 heavy (non-hydrogen) atoms. The van der Waals surface area contributed by atoms with E-state index >= 15 is 0 Å². The highest BCUT2D eigenvalue weighted by Crippen LogP contribution is 2.32. The average Bonchev–Trinajstić information content (AvgIpc) is 3.00. The lowest BCUT2D eigenvalue weighted by atomic mass is 10.1. The number of thiophene rings is 1. The van der Waals surface area contributed by atoms with Crippen LogP contribution in [0.15, 0.2) is 29.2 Å². The summed E-state index contributed by atoms with van der Waals surface area (Å²) in [6, 6.07) is 6.56. The van der Waals surface area contributed by atoms with Crippen LogP contribution in [0.2, 0.25) is 0 Å². The Morgan fingerprint density at radius 3 is 2.40 bits per heavy atom. The van der Waals surface area contributed by atoms with Crippen molar-refractivity contribution in [1.82, 2.24) is 4.31 Å². The molecule has 1 aliphatic heterocycles. The summed E-state index contributed by atoms with van der Waals surface area (Å²) in [5, 5.41) is 3.23. The molecule has 1 aromatic carbocycles. The Bertz CT molecular complexity index is 1040. The number of nitrogens with zero attached hydrogens (tertiary/aromatic N) is 1. The molecule has 0 unspecified atom stereocenters. The lowest BCUT2D eigenvalue weighted by Gasteiger charge is -2.26. The minimum absolute atomic E-state index is 0.198. The monoisotopic (exact) mass is 451 g/mol. The number of anilines is 1. The van der Waals surface area contributed by atoms with Crippen LogP contribution in [0.4, 0.5) is 5.00 Å². The number of sulfonamides is 1. The average molecular weight is 452 g/mol. The minimum atomic E-state index is -3.53. The number of benzene rings is 1. The van der Waals surface area contributed by atoms with E-state index in [1.165, 1.54) is 15.6 Å². The molecule has 0 spiro atoms. The van der Waals surface area contributed by atoms with Gasteiger partial charge in [0, 0.05) is 24.4 Å². The fourth-order valence-corrected chi connectivity index (χ4v) is 5.71.